The molecule has 0 aromatic heterocycles. The summed E-state index contributed by atoms with van der Waals surface area (Å²) in [6.45, 7) is 2.63. The van der Waals surface area contributed by atoms with E-state index in [2.05, 4.69) is 5.32 Å². The molecule has 19 heavy (non-hydrogen) atoms. The van der Waals surface area contributed by atoms with E-state index in [-0.39, 0.29) is 24.2 Å². The Hall–Kier alpha value is -1.39. The molecule has 0 aliphatic carbocycles. The summed E-state index contributed by atoms with van der Waals surface area (Å²) in [5.74, 6) is -0.182. The van der Waals surface area contributed by atoms with Crippen LogP contribution in [0, 0.1) is 5.92 Å². The number of rotatable bonds is 6. The van der Waals surface area contributed by atoms with Gasteiger partial charge in [0.05, 0.1) is 6.54 Å². The van der Waals surface area contributed by atoms with Crippen molar-refractivity contribution in [2.45, 2.75) is 6.92 Å². The van der Waals surface area contributed by atoms with Crippen LogP contribution in [0.15, 0.2) is 24.3 Å². The van der Waals surface area contributed by atoms with Crippen LogP contribution in [0.3, 0.4) is 0 Å². The summed E-state index contributed by atoms with van der Waals surface area (Å²) in [5.41, 5.74) is 0.590. The Balaban J connectivity index is 2.55. The van der Waals surface area contributed by atoms with Gasteiger partial charge in [-0.05, 0) is 19.2 Å². The van der Waals surface area contributed by atoms with Gasteiger partial charge in [-0.3, -0.25) is 14.5 Å². The number of carbonyl (C=O) groups excluding carboxylic acids is 2. The molecule has 1 unspecified atom stereocenters. The Kier molecular flexibility index (Phi) is 5.99. The highest BCUT2D eigenvalue weighted by atomic mass is 35.5. The summed E-state index contributed by atoms with van der Waals surface area (Å²) in [6.07, 6.45) is 0. The lowest BCUT2D eigenvalue weighted by Crippen LogP contribution is -2.36. The second-order valence-corrected chi connectivity index (χ2v) is 5.08. The van der Waals surface area contributed by atoms with Crippen molar-refractivity contribution in [1.82, 2.24) is 10.2 Å². The van der Waals surface area contributed by atoms with Gasteiger partial charge in [-0.25, -0.2) is 0 Å². The van der Waals surface area contributed by atoms with Crippen LogP contribution >= 0.6 is 11.6 Å². The predicted molar refractivity (Wildman–Crippen MR) is 76.5 cm³/mol. The number of hydrogen-bond acceptors (Lipinski definition) is 3. The number of hydrogen-bond donors (Lipinski definition) is 1. The maximum Gasteiger partial charge on any atom is 0.223 e. The first-order valence-electron chi connectivity index (χ1n) is 6.13. The van der Waals surface area contributed by atoms with Crippen molar-refractivity contribution in [3.63, 3.8) is 0 Å². The van der Waals surface area contributed by atoms with E-state index in [1.807, 2.05) is 18.9 Å². The van der Waals surface area contributed by atoms with Crippen LogP contribution in [0.2, 0.25) is 5.02 Å². The van der Waals surface area contributed by atoms with E-state index < -0.39 is 0 Å². The monoisotopic (exact) mass is 282 g/mol. The molecule has 0 aliphatic rings. The molecule has 1 N–H and O–H groups in total. The van der Waals surface area contributed by atoms with Crippen LogP contribution in [0.25, 0.3) is 0 Å². The SMILES string of the molecule is CNC(=O)C(C)CN(C)CC(=O)c1cccc(Cl)c1. The van der Waals surface area contributed by atoms with Gasteiger partial charge in [0, 0.05) is 30.1 Å². The Labute approximate surface area is 118 Å². The molecule has 0 saturated heterocycles. The third-order valence-electron chi connectivity index (χ3n) is 2.84. The van der Waals surface area contributed by atoms with Crippen LogP contribution < -0.4 is 5.32 Å². The molecule has 0 saturated carbocycles. The first-order valence-corrected chi connectivity index (χ1v) is 6.50. The van der Waals surface area contributed by atoms with Crippen LogP contribution in [0.5, 0.6) is 0 Å². The Morgan fingerprint density at radius 2 is 2.11 bits per heavy atom. The van der Waals surface area contributed by atoms with Gasteiger partial charge >= 0.3 is 0 Å². The van der Waals surface area contributed by atoms with Gasteiger partial charge in [-0.2, -0.15) is 0 Å². The smallest absolute Gasteiger partial charge is 0.223 e. The zero-order valence-corrected chi connectivity index (χ0v) is 12.2. The summed E-state index contributed by atoms with van der Waals surface area (Å²) < 4.78 is 0. The molecule has 1 rings (SSSR count). The Morgan fingerprint density at radius 1 is 1.42 bits per heavy atom. The van der Waals surface area contributed by atoms with Crippen LogP contribution in [0.1, 0.15) is 17.3 Å². The van der Waals surface area contributed by atoms with Gasteiger partial charge in [-0.15, -0.1) is 0 Å². The van der Waals surface area contributed by atoms with E-state index in [4.69, 9.17) is 11.6 Å². The number of Topliss-reactive ketones (excluding diaryl/α,β-unsaturated/α-hetero) is 1. The third-order valence-corrected chi connectivity index (χ3v) is 3.07. The minimum atomic E-state index is -0.151. The van der Waals surface area contributed by atoms with E-state index in [0.29, 0.717) is 17.1 Å². The lowest BCUT2D eigenvalue weighted by atomic mass is 10.1. The maximum atomic E-state index is 12.0. The number of benzene rings is 1. The Bertz CT molecular complexity index is 463. The number of amides is 1. The molecule has 1 amide bonds. The molecule has 0 heterocycles. The van der Waals surface area contributed by atoms with Crippen LogP contribution in [0.4, 0.5) is 0 Å². The predicted octanol–water partition coefficient (Wildman–Crippen LogP) is 1.84. The third kappa shape index (κ3) is 5.01. The summed E-state index contributed by atoms with van der Waals surface area (Å²) in [5, 5.41) is 3.14. The number of nitrogens with zero attached hydrogens (tertiary/aromatic N) is 1. The van der Waals surface area contributed by atoms with Crippen molar-refractivity contribution in [3.8, 4) is 0 Å². The average Bonchev–Trinajstić information content (AvgIpc) is 2.37. The van der Waals surface area contributed by atoms with Crippen molar-refractivity contribution >= 4 is 23.3 Å². The molecular formula is C14H19ClN2O2. The number of nitrogens with one attached hydrogen (secondary N) is 1. The Morgan fingerprint density at radius 3 is 2.68 bits per heavy atom. The van der Waals surface area contributed by atoms with E-state index in [1.165, 1.54) is 0 Å². The molecule has 1 aromatic rings. The van der Waals surface area contributed by atoms with Gasteiger partial charge in [0.1, 0.15) is 0 Å². The number of likely N-dealkylation sites (N-methyl/N-ethyl adjacent to an activating group) is 1. The molecule has 4 nitrogen and oxygen atoms in total. The summed E-state index contributed by atoms with van der Waals surface area (Å²) >= 11 is 5.85. The number of carbonyl (C=O) groups is 2. The van der Waals surface area contributed by atoms with Gasteiger partial charge in [0.25, 0.3) is 0 Å². The van der Waals surface area contributed by atoms with E-state index >= 15 is 0 Å². The highest BCUT2D eigenvalue weighted by Gasteiger charge is 2.16. The molecule has 0 radical (unpaired) electrons. The molecule has 104 valence electrons. The minimum absolute atomic E-state index is 0.00546. The highest BCUT2D eigenvalue weighted by molar-refractivity contribution is 6.31. The first-order chi connectivity index (χ1) is 8.93. The quantitative estimate of drug-likeness (QED) is 0.810. The minimum Gasteiger partial charge on any atom is -0.359 e. The van der Waals surface area contributed by atoms with Gasteiger partial charge in [-0.1, -0.05) is 30.7 Å². The van der Waals surface area contributed by atoms with Crippen molar-refractivity contribution in [1.29, 1.82) is 0 Å². The summed E-state index contributed by atoms with van der Waals surface area (Å²) in [4.78, 5) is 25.3. The molecule has 1 atom stereocenters. The number of halogens is 1. The van der Waals surface area contributed by atoms with E-state index in [1.54, 1.807) is 31.3 Å². The molecule has 0 spiro atoms. The van der Waals surface area contributed by atoms with E-state index in [0.717, 1.165) is 0 Å². The first kappa shape index (κ1) is 15.7. The zero-order valence-electron chi connectivity index (χ0n) is 11.4. The van der Waals surface area contributed by atoms with Gasteiger partial charge < -0.3 is 5.32 Å². The molecule has 0 bridgehead atoms. The fraction of sp³-hybridized carbons (Fsp3) is 0.429. The van der Waals surface area contributed by atoms with Crippen LogP contribution in [-0.4, -0.2) is 43.8 Å². The summed E-state index contributed by atoms with van der Waals surface area (Å²) in [6, 6.07) is 6.88. The van der Waals surface area contributed by atoms with Crippen LogP contribution in [-0.2, 0) is 4.79 Å². The second-order valence-electron chi connectivity index (χ2n) is 4.65. The standard InChI is InChI=1S/C14H19ClN2O2/c1-10(14(19)16-2)8-17(3)9-13(18)11-5-4-6-12(15)7-11/h4-7,10H,8-9H2,1-3H3,(H,16,19). The highest BCUT2D eigenvalue weighted by Crippen LogP contribution is 2.11. The summed E-state index contributed by atoms with van der Waals surface area (Å²) in [7, 11) is 3.43. The lowest BCUT2D eigenvalue weighted by molar-refractivity contribution is -0.124. The normalized spacial score (nSPS) is 12.3. The largest absolute Gasteiger partial charge is 0.359 e. The molecule has 1 aromatic carbocycles. The fourth-order valence-corrected chi connectivity index (χ4v) is 2.05. The van der Waals surface area contributed by atoms with Crippen molar-refractivity contribution in [2.75, 3.05) is 27.2 Å². The van der Waals surface area contributed by atoms with E-state index in [9.17, 15) is 9.59 Å². The molecule has 0 fully saturated rings. The molecule has 5 heteroatoms. The maximum absolute atomic E-state index is 12.0. The average molecular weight is 283 g/mol. The van der Waals surface area contributed by atoms with Crippen molar-refractivity contribution < 1.29 is 9.59 Å². The number of ketones is 1. The molecular weight excluding hydrogens is 264 g/mol. The molecule has 0 aliphatic heterocycles. The van der Waals surface area contributed by atoms with Gasteiger partial charge in [0.2, 0.25) is 5.91 Å². The van der Waals surface area contributed by atoms with Crippen molar-refractivity contribution in [3.05, 3.63) is 34.9 Å². The zero-order chi connectivity index (χ0) is 14.4. The van der Waals surface area contributed by atoms with Crippen molar-refractivity contribution in [2.24, 2.45) is 5.92 Å². The lowest BCUT2D eigenvalue weighted by Gasteiger charge is -2.19. The van der Waals surface area contributed by atoms with Gasteiger partial charge in [0.15, 0.2) is 5.78 Å². The topological polar surface area (TPSA) is 49.4 Å². The fourth-order valence-electron chi connectivity index (χ4n) is 1.86. The second kappa shape index (κ2) is 7.26.